The van der Waals surface area contributed by atoms with Crippen molar-refractivity contribution in [3.8, 4) is 0 Å². The van der Waals surface area contributed by atoms with Crippen LogP contribution in [0.3, 0.4) is 0 Å². The van der Waals surface area contributed by atoms with E-state index in [1.807, 2.05) is 0 Å². The lowest BCUT2D eigenvalue weighted by molar-refractivity contribution is 0.157. The normalized spacial score (nSPS) is 11.2. The molecule has 0 aromatic rings. The van der Waals surface area contributed by atoms with E-state index in [1.54, 1.807) is 0 Å². The summed E-state index contributed by atoms with van der Waals surface area (Å²) in [5, 5.41) is 0. The van der Waals surface area contributed by atoms with Crippen molar-refractivity contribution in [2.45, 2.75) is 32.1 Å². The summed E-state index contributed by atoms with van der Waals surface area (Å²) < 4.78 is 4.60. The van der Waals surface area contributed by atoms with Gasteiger partial charge in [-0.05, 0) is 6.42 Å². The van der Waals surface area contributed by atoms with E-state index in [0.29, 0.717) is 6.61 Å². The lowest BCUT2D eigenvalue weighted by Gasteiger charge is -2.14. The van der Waals surface area contributed by atoms with Gasteiger partial charge in [-0.25, -0.2) is 4.79 Å². The van der Waals surface area contributed by atoms with Crippen LogP contribution in [0.2, 0.25) is 25.7 Å². The molecule has 0 radical (unpaired) electrons. The number of nitrogens with two attached hydrogens (primary N) is 1. The van der Waals surface area contributed by atoms with Crippen LogP contribution in [0.1, 0.15) is 6.42 Å². The van der Waals surface area contributed by atoms with E-state index < -0.39 is 14.2 Å². The van der Waals surface area contributed by atoms with E-state index in [4.69, 9.17) is 5.73 Å². The minimum absolute atomic E-state index is 0.472. The molecule has 0 bridgehead atoms. The monoisotopic (exact) mass is 175 g/mol. The second-order valence-corrected chi connectivity index (χ2v) is 9.45. The number of amides is 1. The summed E-state index contributed by atoms with van der Waals surface area (Å²) in [5.74, 6) is 0. The Kier molecular flexibility index (Phi) is 4.18. The van der Waals surface area contributed by atoms with Crippen molar-refractivity contribution in [1.82, 2.24) is 0 Å². The Balaban J connectivity index is 3.22. The summed E-state index contributed by atoms with van der Waals surface area (Å²) >= 11 is 0. The summed E-state index contributed by atoms with van der Waals surface area (Å²) in [6.07, 6.45) is 0.277. The first-order valence-corrected chi connectivity index (χ1v) is 7.55. The average Bonchev–Trinajstić information content (AvgIpc) is 1.78. The largest absolute Gasteiger partial charge is 0.450 e. The summed E-state index contributed by atoms with van der Waals surface area (Å²) in [5.41, 5.74) is 4.79. The summed E-state index contributed by atoms with van der Waals surface area (Å²) in [6.45, 7) is 7.34. The molecule has 3 nitrogen and oxygen atoms in total. The summed E-state index contributed by atoms with van der Waals surface area (Å²) in [6, 6.07) is 1.18. The van der Waals surface area contributed by atoms with Crippen molar-refractivity contribution in [3.63, 3.8) is 0 Å². The van der Waals surface area contributed by atoms with Gasteiger partial charge in [-0.3, -0.25) is 0 Å². The molecule has 0 aliphatic heterocycles. The molecule has 0 unspecified atom stereocenters. The number of hydrogen-bond acceptors (Lipinski definition) is 2. The Morgan fingerprint density at radius 3 is 2.36 bits per heavy atom. The number of primary amides is 1. The first-order valence-electron chi connectivity index (χ1n) is 3.84. The minimum Gasteiger partial charge on any atom is -0.450 e. The maximum atomic E-state index is 10.1. The van der Waals surface area contributed by atoms with E-state index in [0.717, 1.165) is 6.42 Å². The van der Waals surface area contributed by atoms with Crippen molar-refractivity contribution in [3.05, 3.63) is 0 Å². The maximum absolute atomic E-state index is 10.1. The molecule has 4 heteroatoms. The molecule has 0 fully saturated rings. The van der Waals surface area contributed by atoms with Crippen LogP contribution in [0.4, 0.5) is 4.79 Å². The third-order valence-electron chi connectivity index (χ3n) is 1.32. The lowest BCUT2D eigenvalue weighted by atomic mass is 10.5. The van der Waals surface area contributed by atoms with Gasteiger partial charge in [-0.1, -0.05) is 25.7 Å². The Morgan fingerprint density at radius 2 is 2.00 bits per heavy atom. The van der Waals surface area contributed by atoms with Gasteiger partial charge in [0.1, 0.15) is 0 Å². The van der Waals surface area contributed by atoms with Crippen LogP contribution in [0, 0.1) is 0 Å². The minimum atomic E-state index is -0.961. The van der Waals surface area contributed by atoms with E-state index >= 15 is 0 Å². The van der Waals surface area contributed by atoms with Gasteiger partial charge >= 0.3 is 6.09 Å². The maximum Gasteiger partial charge on any atom is 0.404 e. The van der Waals surface area contributed by atoms with Crippen LogP contribution in [0.25, 0.3) is 0 Å². The van der Waals surface area contributed by atoms with Crippen molar-refractivity contribution in [1.29, 1.82) is 0 Å². The van der Waals surface area contributed by atoms with Gasteiger partial charge in [-0.15, -0.1) is 0 Å². The molecule has 0 aromatic heterocycles. The summed E-state index contributed by atoms with van der Waals surface area (Å²) in [7, 11) is -0.961. The van der Waals surface area contributed by atoms with E-state index in [2.05, 4.69) is 24.4 Å². The first kappa shape index (κ1) is 10.5. The predicted octanol–water partition coefficient (Wildman–Crippen LogP) is 1.81. The Labute approximate surface area is 68.9 Å². The van der Waals surface area contributed by atoms with Gasteiger partial charge < -0.3 is 10.5 Å². The fraction of sp³-hybridized carbons (Fsp3) is 0.857. The molecule has 0 saturated heterocycles. The highest BCUT2D eigenvalue weighted by atomic mass is 28.3. The molecule has 0 saturated carbocycles. The Morgan fingerprint density at radius 1 is 1.45 bits per heavy atom. The lowest BCUT2D eigenvalue weighted by Crippen LogP contribution is -2.21. The van der Waals surface area contributed by atoms with Crippen molar-refractivity contribution in [2.24, 2.45) is 5.73 Å². The van der Waals surface area contributed by atoms with Gasteiger partial charge in [0.15, 0.2) is 0 Å². The van der Waals surface area contributed by atoms with Crippen LogP contribution >= 0.6 is 0 Å². The van der Waals surface area contributed by atoms with Crippen LogP contribution in [-0.2, 0) is 4.74 Å². The van der Waals surface area contributed by atoms with E-state index in [-0.39, 0.29) is 0 Å². The number of hydrogen-bond donors (Lipinski definition) is 1. The zero-order valence-electron chi connectivity index (χ0n) is 7.52. The molecule has 0 aliphatic rings. The fourth-order valence-electron chi connectivity index (χ4n) is 0.775. The van der Waals surface area contributed by atoms with Crippen LogP contribution in [-0.4, -0.2) is 20.8 Å². The topological polar surface area (TPSA) is 52.3 Å². The first-order chi connectivity index (χ1) is 4.92. The van der Waals surface area contributed by atoms with Gasteiger partial charge in [-0.2, -0.15) is 0 Å². The van der Waals surface area contributed by atoms with Gasteiger partial charge in [0.25, 0.3) is 0 Å². The number of ether oxygens (including phenoxy) is 1. The number of carbonyl (C=O) groups is 1. The smallest absolute Gasteiger partial charge is 0.404 e. The van der Waals surface area contributed by atoms with E-state index in [9.17, 15) is 4.79 Å². The molecule has 2 N–H and O–H groups in total. The number of rotatable bonds is 4. The molecule has 1 amide bonds. The molecule has 0 aromatic carbocycles. The quantitative estimate of drug-likeness (QED) is 0.523. The third-order valence-corrected chi connectivity index (χ3v) is 3.17. The molecule has 11 heavy (non-hydrogen) atoms. The van der Waals surface area contributed by atoms with Crippen LogP contribution < -0.4 is 5.73 Å². The Hall–Kier alpha value is -0.513. The molecule has 0 aliphatic carbocycles. The Bertz CT molecular complexity index is 131. The van der Waals surface area contributed by atoms with E-state index in [1.165, 1.54) is 6.04 Å². The van der Waals surface area contributed by atoms with Crippen molar-refractivity contribution in [2.75, 3.05) is 6.61 Å². The zero-order chi connectivity index (χ0) is 8.91. The SMILES string of the molecule is C[Si](C)(C)CCCOC(N)=O. The van der Waals surface area contributed by atoms with Gasteiger partial charge in [0, 0.05) is 8.07 Å². The third kappa shape index (κ3) is 9.49. The van der Waals surface area contributed by atoms with Crippen molar-refractivity contribution < 1.29 is 9.53 Å². The highest BCUT2D eigenvalue weighted by molar-refractivity contribution is 6.76. The van der Waals surface area contributed by atoms with Gasteiger partial charge in [0.2, 0.25) is 0 Å². The molecule has 66 valence electrons. The zero-order valence-corrected chi connectivity index (χ0v) is 8.52. The molecular formula is C7H17NO2Si. The highest BCUT2D eigenvalue weighted by Crippen LogP contribution is 2.10. The average molecular weight is 175 g/mol. The molecule has 0 atom stereocenters. The standard InChI is InChI=1S/C7H17NO2Si/c1-11(2,3)6-4-5-10-7(8)9/h4-6H2,1-3H3,(H2,8,9). The number of carbonyl (C=O) groups excluding carboxylic acids is 1. The van der Waals surface area contributed by atoms with Crippen LogP contribution in [0.15, 0.2) is 0 Å². The molecular weight excluding hydrogens is 158 g/mol. The van der Waals surface area contributed by atoms with Crippen LogP contribution in [0.5, 0.6) is 0 Å². The molecule has 0 spiro atoms. The molecule has 0 rings (SSSR count). The van der Waals surface area contributed by atoms with Gasteiger partial charge in [0.05, 0.1) is 6.61 Å². The second kappa shape index (κ2) is 4.38. The predicted molar refractivity (Wildman–Crippen MR) is 48.3 cm³/mol. The second-order valence-electron chi connectivity index (χ2n) is 3.83. The van der Waals surface area contributed by atoms with Crippen molar-refractivity contribution >= 4 is 14.2 Å². The summed E-state index contributed by atoms with van der Waals surface area (Å²) in [4.78, 5) is 10.1. The fourth-order valence-corrected chi connectivity index (χ4v) is 1.98. The molecule has 0 heterocycles. The highest BCUT2D eigenvalue weighted by Gasteiger charge is 2.11.